The summed E-state index contributed by atoms with van der Waals surface area (Å²) >= 11 is 0. The molecule has 5 nitrogen and oxygen atoms in total. The second kappa shape index (κ2) is 5.94. The van der Waals surface area contributed by atoms with E-state index < -0.39 is 50.8 Å². The fraction of sp³-hybridized carbons (Fsp3) is 0.182. The minimum absolute atomic E-state index is 0.407. The molecule has 108 valence electrons. The Morgan fingerprint density at radius 1 is 1.35 bits per heavy atom. The highest BCUT2D eigenvalue weighted by molar-refractivity contribution is 7.89. The molecule has 9 heteroatoms. The Morgan fingerprint density at radius 2 is 1.95 bits per heavy atom. The average Bonchev–Trinajstić information content (AvgIpc) is 2.34. The van der Waals surface area contributed by atoms with Gasteiger partial charge in [0.05, 0.1) is 0 Å². The Kier molecular flexibility index (Phi) is 4.75. The number of aliphatic carboxylic acids is 1. The van der Waals surface area contributed by atoms with Crippen LogP contribution in [0.2, 0.25) is 0 Å². The lowest BCUT2D eigenvalue weighted by Crippen LogP contribution is -2.40. The second-order valence-electron chi connectivity index (χ2n) is 3.59. The number of benzene rings is 1. The number of halogens is 3. The molecule has 2 N–H and O–H groups in total. The number of hydrogen-bond acceptors (Lipinski definition) is 3. The van der Waals surface area contributed by atoms with E-state index in [0.29, 0.717) is 12.1 Å². The van der Waals surface area contributed by atoms with Crippen molar-refractivity contribution < 1.29 is 31.5 Å². The molecule has 0 aromatic heterocycles. The Bertz CT molecular complexity index is 682. The summed E-state index contributed by atoms with van der Waals surface area (Å²) in [5, 5.41) is 8.73. The first-order chi connectivity index (χ1) is 9.20. The highest BCUT2D eigenvalue weighted by Gasteiger charge is 2.29. The van der Waals surface area contributed by atoms with E-state index in [2.05, 4.69) is 0 Å². The smallest absolute Gasteiger partial charge is 0.322 e. The molecule has 0 radical (unpaired) electrons. The monoisotopic (exact) mass is 307 g/mol. The van der Waals surface area contributed by atoms with E-state index in [-0.39, 0.29) is 0 Å². The van der Waals surface area contributed by atoms with Crippen LogP contribution in [0.3, 0.4) is 0 Å². The van der Waals surface area contributed by atoms with E-state index in [1.54, 1.807) is 4.72 Å². The second-order valence-corrected chi connectivity index (χ2v) is 5.28. The van der Waals surface area contributed by atoms with Crippen molar-refractivity contribution in [2.24, 2.45) is 0 Å². The SMILES string of the molecule is C#CCC(NS(=O)(=O)c1ccc(F)c(F)c1F)C(=O)O. The lowest BCUT2D eigenvalue weighted by Gasteiger charge is -2.13. The number of rotatable bonds is 5. The van der Waals surface area contributed by atoms with E-state index in [9.17, 15) is 26.4 Å². The van der Waals surface area contributed by atoms with Crippen molar-refractivity contribution in [1.29, 1.82) is 0 Å². The van der Waals surface area contributed by atoms with Gasteiger partial charge in [-0.15, -0.1) is 12.3 Å². The maximum Gasteiger partial charge on any atom is 0.322 e. The summed E-state index contributed by atoms with van der Waals surface area (Å²) in [6.45, 7) is 0. The molecule has 1 atom stereocenters. The summed E-state index contributed by atoms with van der Waals surface area (Å²) in [5.74, 6) is -5.15. The summed E-state index contributed by atoms with van der Waals surface area (Å²) < 4.78 is 64.1. The van der Waals surface area contributed by atoms with Crippen molar-refractivity contribution in [3.8, 4) is 12.3 Å². The molecule has 1 rings (SSSR count). The summed E-state index contributed by atoms with van der Waals surface area (Å²) in [4.78, 5) is 9.55. The standard InChI is InChI=1S/C11H8F3NO4S/c1-2-3-7(11(16)17)15-20(18,19)8-5-4-6(12)9(13)10(8)14/h1,4-5,7,15H,3H2,(H,16,17). The molecular formula is C11H8F3NO4S. The highest BCUT2D eigenvalue weighted by atomic mass is 32.2. The average molecular weight is 307 g/mol. The first-order valence-electron chi connectivity index (χ1n) is 5.02. The maximum atomic E-state index is 13.4. The van der Waals surface area contributed by atoms with Crippen LogP contribution >= 0.6 is 0 Å². The van der Waals surface area contributed by atoms with Crippen LogP contribution < -0.4 is 4.72 Å². The molecule has 0 saturated carbocycles. The molecule has 0 aliphatic heterocycles. The number of nitrogens with one attached hydrogen (secondary N) is 1. The van der Waals surface area contributed by atoms with Gasteiger partial charge in [-0.25, -0.2) is 21.6 Å². The van der Waals surface area contributed by atoms with Gasteiger partial charge >= 0.3 is 5.97 Å². The van der Waals surface area contributed by atoms with Crippen molar-refractivity contribution in [3.63, 3.8) is 0 Å². The number of carboxylic acids is 1. The van der Waals surface area contributed by atoms with Gasteiger partial charge in [-0.1, -0.05) is 0 Å². The van der Waals surface area contributed by atoms with Crippen LogP contribution in [-0.2, 0) is 14.8 Å². The number of carboxylic acid groups (broad SMARTS) is 1. The van der Waals surface area contributed by atoms with Crippen molar-refractivity contribution in [2.75, 3.05) is 0 Å². The summed E-state index contributed by atoms with van der Waals surface area (Å²) in [6.07, 6.45) is 4.37. The molecule has 20 heavy (non-hydrogen) atoms. The van der Waals surface area contributed by atoms with Crippen molar-refractivity contribution >= 4 is 16.0 Å². The van der Waals surface area contributed by atoms with Gasteiger partial charge < -0.3 is 5.11 Å². The number of sulfonamides is 1. The molecule has 0 aliphatic carbocycles. The van der Waals surface area contributed by atoms with Crippen LogP contribution in [0.4, 0.5) is 13.2 Å². The van der Waals surface area contributed by atoms with Crippen molar-refractivity contribution in [2.45, 2.75) is 17.4 Å². The topological polar surface area (TPSA) is 83.5 Å². The molecule has 0 bridgehead atoms. The number of carbonyl (C=O) groups is 1. The molecule has 0 saturated heterocycles. The lowest BCUT2D eigenvalue weighted by molar-refractivity contribution is -0.138. The van der Waals surface area contributed by atoms with Crippen LogP contribution in [0.5, 0.6) is 0 Å². The summed E-state index contributed by atoms with van der Waals surface area (Å²) in [6, 6.07) is -0.827. The highest BCUT2D eigenvalue weighted by Crippen LogP contribution is 2.20. The van der Waals surface area contributed by atoms with Crippen LogP contribution in [-0.4, -0.2) is 25.5 Å². The van der Waals surface area contributed by atoms with Gasteiger partial charge in [0.1, 0.15) is 10.9 Å². The molecule has 1 aromatic carbocycles. The quantitative estimate of drug-likeness (QED) is 0.624. The predicted octanol–water partition coefficient (Wildman–Crippen LogP) is 0.859. The Balaban J connectivity index is 3.21. The molecule has 0 fully saturated rings. The third-order valence-corrected chi connectivity index (χ3v) is 3.70. The minimum atomic E-state index is -4.70. The predicted molar refractivity (Wildman–Crippen MR) is 61.5 cm³/mol. The van der Waals surface area contributed by atoms with Gasteiger partial charge in [0.2, 0.25) is 10.0 Å². The van der Waals surface area contributed by atoms with Crippen LogP contribution in [0, 0.1) is 29.8 Å². The van der Waals surface area contributed by atoms with Gasteiger partial charge in [0.15, 0.2) is 17.5 Å². The van der Waals surface area contributed by atoms with E-state index in [1.165, 1.54) is 0 Å². The van der Waals surface area contributed by atoms with E-state index in [1.807, 2.05) is 5.92 Å². The Morgan fingerprint density at radius 3 is 2.45 bits per heavy atom. The Hall–Kier alpha value is -2.05. The van der Waals surface area contributed by atoms with Crippen molar-refractivity contribution in [1.82, 2.24) is 4.72 Å². The fourth-order valence-corrected chi connectivity index (χ4v) is 2.52. The molecule has 1 aromatic rings. The van der Waals surface area contributed by atoms with Crippen molar-refractivity contribution in [3.05, 3.63) is 29.6 Å². The zero-order valence-electron chi connectivity index (χ0n) is 9.73. The lowest BCUT2D eigenvalue weighted by atomic mass is 10.2. The van der Waals surface area contributed by atoms with Gasteiger partial charge in [0, 0.05) is 6.42 Å². The molecule has 0 aliphatic rings. The third kappa shape index (κ3) is 3.28. The maximum absolute atomic E-state index is 13.4. The van der Waals surface area contributed by atoms with Gasteiger partial charge in [-0.2, -0.15) is 4.72 Å². The molecule has 0 spiro atoms. The van der Waals surface area contributed by atoms with Crippen LogP contribution in [0.1, 0.15) is 6.42 Å². The van der Waals surface area contributed by atoms with Gasteiger partial charge in [0.25, 0.3) is 0 Å². The minimum Gasteiger partial charge on any atom is -0.480 e. The van der Waals surface area contributed by atoms with Gasteiger partial charge in [-0.05, 0) is 12.1 Å². The largest absolute Gasteiger partial charge is 0.480 e. The van der Waals surface area contributed by atoms with E-state index in [4.69, 9.17) is 11.5 Å². The molecule has 0 heterocycles. The zero-order valence-corrected chi connectivity index (χ0v) is 10.5. The van der Waals surface area contributed by atoms with E-state index in [0.717, 1.165) is 0 Å². The molecule has 0 amide bonds. The van der Waals surface area contributed by atoms with Gasteiger partial charge in [-0.3, -0.25) is 4.79 Å². The van der Waals surface area contributed by atoms with Crippen LogP contribution in [0.25, 0.3) is 0 Å². The fourth-order valence-electron chi connectivity index (χ4n) is 1.26. The molecular weight excluding hydrogens is 299 g/mol. The number of hydrogen-bond donors (Lipinski definition) is 2. The summed E-state index contributed by atoms with van der Waals surface area (Å²) in [5.41, 5.74) is 0. The van der Waals surface area contributed by atoms with E-state index >= 15 is 0 Å². The zero-order chi connectivity index (χ0) is 15.5. The first kappa shape index (κ1) is 16.0. The first-order valence-corrected chi connectivity index (χ1v) is 6.51. The number of terminal acetylenes is 1. The third-order valence-electron chi connectivity index (χ3n) is 2.21. The van der Waals surface area contributed by atoms with Crippen LogP contribution in [0.15, 0.2) is 17.0 Å². The normalized spacial score (nSPS) is 12.7. The molecule has 1 unspecified atom stereocenters. The summed E-state index contributed by atoms with van der Waals surface area (Å²) in [7, 11) is -4.70. The Labute approximate surface area is 112 Å².